The van der Waals surface area contributed by atoms with Gasteiger partial charge in [0.2, 0.25) is 5.91 Å². The van der Waals surface area contributed by atoms with Gasteiger partial charge in [0.05, 0.1) is 17.6 Å². The molecule has 6 rings (SSSR count). The highest BCUT2D eigenvalue weighted by atomic mass is 19.1. The number of carbonyl (C=O) groups is 1. The molecule has 9 nitrogen and oxygen atoms in total. The number of likely N-dealkylation sites (tertiary alicyclic amines) is 1. The van der Waals surface area contributed by atoms with Crippen LogP contribution in [0.5, 0.6) is 0 Å². The summed E-state index contributed by atoms with van der Waals surface area (Å²) in [7, 11) is 0. The molecule has 3 fully saturated rings. The summed E-state index contributed by atoms with van der Waals surface area (Å²) >= 11 is 0. The first-order valence-electron chi connectivity index (χ1n) is 15.0. The molecule has 0 aromatic heterocycles. The molecule has 3 aliphatic heterocycles. The van der Waals surface area contributed by atoms with E-state index < -0.39 is 42.3 Å². The lowest BCUT2D eigenvalue weighted by Crippen LogP contribution is -2.59. The molecule has 5 unspecified atom stereocenters. The lowest BCUT2D eigenvalue weighted by Gasteiger charge is -2.39. The number of amides is 1. The SMILES string of the molecule is Cc1cc(CNC2=C3C(CC=C2)C(=O)N(C2CCC(O)NC2O)C3O)ccc1CN1CCN(c2ccc(F)cc2F)CC1. The third kappa shape index (κ3) is 6.05. The van der Waals surface area contributed by atoms with Crippen molar-refractivity contribution in [1.82, 2.24) is 20.4 Å². The molecule has 2 aromatic carbocycles. The number of piperidine rings is 1. The second-order valence-corrected chi connectivity index (χ2v) is 11.9. The zero-order chi connectivity index (χ0) is 30.2. The number of benzene rings is 2. The van der Waals surface area contributed by atoms with E-state index in [9.17, 15) is 28.9 Å². The zero-order valence-electron chi connectivity index (χ0n) is 24.2. The summed E-state index contributed by atoms with van der Waals surface area (Å²) in [5, 5.41) is 37.6. The van der Waals surface area contributed by atoms with Crippen molar-refractivity contribution in [3.05, 3.63) is 88.1 Å². The smallest absolute Gasteiger partial charge is 0.233 e. The van der Waals surface area contributed by atoms with Crippen LogP contribution in [0.3, 0.4) is 0 Å². The van der Waals surface area contributed by atoms with Gasteiger partial charge in [-0.3, -0.25) is 15.0 Å². The number of hydrogen-bond donors (Lipinski definition) is 5. The second kappa shape index (κ2) is 12.3. The Kier molecular flexibility index (Phi) is 8.52. The van der Waals surface area contributed by atoms with Gasteiger partial charge in [-0.15, -0.1) is 0 Å². The van der Waals surface area contributed by atoms with Crippen LogP contribution in [-0.2, 0) is 17.9 Å². The van der Waals surface area contributed by atoms with Crippen LogP contribution in [0.2, 0.25) is 0 Å². The fourth-order valence-corrected chi connectivity index (χ4v) is 6.78. The Morgan fingerprint density at radius 1 is 1.02 bits per heavy atom. The van der Waals surface area contributed by atoms with Gasteiger partial charge in [0.1, 0.15) is 24.1 Å². The van der Waals surface area contributed by atoms with Crippen LogP contribution in [0.25, 0.3) is 0 Å². The van der Waals surface area contributed by atoms with E-state index in [-0.39, 0.29) is 5.91 Å². The third-order valence-electron chi connectivity index (χ3n) is 9.16. The number of aliphatic hydroxyl groups is 3. The molecule has 0 radical (unpaired) electrons. The molecule has 230 valence electrons. The summed E-state index contributed by atoms with van der Waals surface area (Å²) in [5.74, 6) is -1.79. The molecular formula is C32H39F2N5O4. The number of anilines is 1. The van der Waals surface area contributed by atoms with Crippen LogP contribution in [0.1, 0.15) is 36.0 Å². The van der Waals surface area contributed by atoms with E-state index in [1.54, 1.807) is 0 Å². The average molecular weight is 596 g/mol. The van der Waals surface area contributed by atoms with Gasteiger partial charge < -0.3 is 30.4 Å². The summed E-state index contributed by atoms with van der Waals surface area (Å²) in [6.45, 7) is 6.26. The topological polar surface area (TPSA) is 112 Å². The highest BCUT2D eigenvalue weighted by Gasteiger charge is 2.50. The maximum Gasteiger partial charge on any atom is 0.233 e. The van der Waals surface area contributed by atoms with Crippen molar-refractivity contribution in [3.63, 3.8) is 0 Å². The maximum absolute atomic E-state index is 14.2. The van der Waals surface area contributed by atoms with E-state index in [0.717, 1.165) is 42.5 Å². The monoisotopic (exact) mass is 595 g/mol. The molecule has 0 bridgehead atoms. The largest absolute Gasteiger partial charge is 0.381 e. The van der Waals surface area contributed by atoms with Crippen molar-refractivity contribution in [2.75, 3.05) is 31.1 Å². The Morgan fingerprint density at radius 3 is 2.53 bits per heavy atom. The first-order chi connectivity index (χ1) is 20.7. The van der Waals surface area contributed by atoms with E-state index in [4.69, 9.17) is 0 Å². The average Bonchev–Trinajstić information content (AvgIpc) is 3.23. The number of halogens is 2. The Balaban J connectivity index is 1.07. The minimum Gasteiger partial charge on any atom is -0.381 e. The molecule has 0 spiro atoms. The van der Waals surface area contributed by atoms with Gasteiger partial charge in [0.25, 0.3) is 0 Å². The van der Waals surface area contributed by atoms with Crippen LogP contribution in [0, 0.1) is 24.5 Å². The van der Waals surface area contributed by atoms with Crippen LogP contribution in [0.15, 0.2) is 59.8 Å². The van der Waals surface area contributed by atoms with Gasteiger partial charge in [-0.25, -0.2) is 8.78 Å². The van der Waals surface area contributed by atoms with Crippen molar-refractivity contribution in [2.45, 2.75) is 64.0 Å². The van der Waals surface area contributed by atoms with Gasteiger partial charge in [0, 0.05) is 56.6 Å². The van der Waals surface area contributed by atoms with Gasteiger partial charge in [0.15, 0.2) is 6.23 Å². The molecule has 3 heterocycles. The van der Waals surface area contributed by atoms with Gasteiger partial charge in [-0.2, -0.15) is 0 Å². The number of fused-ring (bicyclic) bond motifs is 1. The van der Waals surface area contributed by atoms with E-state index >= 15 is 0 Å². The number of aryl methyl sites for hydroxylation is 1. The molecule has 1 amide bonds. The Labute approximate surface area is 250 Å². The van der Waals surface area contributed by atoms with Crippen molar-refractivity contribution in [2.24, 2.45) is 5.92 Å². The highest BCUT2D eigenvalue weighted by molar-refractivity contribution is 5.87. The van der Waals surface area contributed by atoms with E-state index in [0.29, 0.717) is 50.2 Å². The Morgan fingerprint density at radius 2 is 1.81 bits per heavy atom. The number of rotatable bonds is 7. The van der Waals surface area contributed by atoms with E-state index in [2.05, 4.69) is 40.7 Å². The number of piperazine rings is 1. The molecule has 43 heavy (non-hydrogen) atoms. The molecule has 4 aliphatic rings. The molecule has 1 aliphatic carbocycles. The molecular weight excluding hydrogens is 556 g/mol. The molecule has 3 saturated heterocycles. The first-order valence-corrected chi connectivity index (χ1v) is 15.0. The van der Waals surface area contributed by atoms with Crippen LogP contribution in [0.4, 0.5) is 14.5 Å². The minimum atomic E-state index is -1.15. The number of allylic oxidation sites excluding steroid dienone is 2. The zero-order valence-corrected chi connectivity index (χ0v) is 24.2. The maximum atomic E-state index is 14.2. The lowest BCUT2D eigenvalue weighted by molar-refractivity contribution is -0.148. The fourth-order valence-electron chi connectivity index (χ4n) is 6.78. The summed E-state index contributed by atoms with van der Waals surface area (Å²) in [4.78, 5) is 19.0. The first kappa shape index (κ1) is 29.7. The summed E-state index contributed by atoms with van der Waals surface area (Å²) in [6, 6.07) is 9.44. The number of aliphatic hydroxyl groups excluding tert-OH is 3. The summed E-state index contributed by atoms with van der Waals surface area (Å²) in [5.41, 5.74) is 5.22. The molecule has 2 aromatic rings. The summed E-state index contributed by atoms with van der Waals surface area (Å²) in [6.07, 6.45) is 2.01. The third-order valence-corrected chi connectivity index (χ3v) is 9.16. The second-order valence-electron chi connectivity index (χ2n) is 11.9. The molecule has 5 N–H and O–H groups in total. The van der Waals surface area contributed by atoms with Gasteiger partial charge in [-0.1, -0.05) is 24.3 Å². The van der Waals surface area contributed by atoms with Gasteiger partial charge in [-0.05, 0) is 61.1 Å². The Bertz CT molecular complexity index is 1430. The van der Waals surface area contributed by atoms with E-state index in [1.165, 1.54) is 22.6 Å². The van der Waals surface area contributed by atoms with Crippen molar-refractivity contribution in [1.29, 1.82) is 0 Å². The van der Waals surface area contributed by atoms with Crippen molar-refractivity contribution < 1.29 is 28.9 Å². The number of carbonyl (C=O) groups excluding carboxylic acids is 1. The standard InChI is InChI=1S/C32H39F2N5O4/c1-19-15-20(5-6-21(19)18-37-11-13-38(14-12-37)26-8-7-22(33)16-24(26)34)17-35-25-4-2-3-23-29(25)32(43)39(31(23)42)27-9-10-28(40)36-30(27)41/h2,4-8,15-16,23,27-28,30,32,35-36,40-41,43H,3,9-14,17-18H2,1H3. The Hall–Kier alpha value is -3.35. The van der Waals surface area contributed by atoms with Crippen LogP contribution < -0.4 is 15.5 Å². The van der Waals surface area contributed by atoms with E-state index in [1.807, 2.05) is 17.1 Å². The predicted molar refractivity (Wildman–Crippen MR) is 157 cm³/mol. The number of nitrogens with zero attached hydrogens (tertiary/aromatic N) is 3. The van der Waals surface area contributed by atoms with Crippen LogP contribution >= 0.6 is 0 Å². The lowest BCUT2D eigenvalue weighted by atomic mass is 9.91. The molecule has 0 saturated carbocycles. The minimum absolute atomic E-state index is 0.211. The number of nitrogens with one attached hydrogen (secondary N) is 2. The van der Waals surface area contributed by atoms with Gasteiger partial charge >= 0.3 is 0 Å². The quantitative estimate of drug-likeness (QED) is 0.331. The normalized spacial score (nSPS) is 28.0. The van der Waals surface area contributed by atoms with Crippen molar-refractivity contribution >= 4 is 11.6 Å². The fraction of sp³-hybridized carbons (Fsp3) is 0.469. The van der Waals surface area contributed by atoms with Crippen molar-refractivity contribution in [3.8, 4) is 0 Å². The number of hydrogen-bond acceptors (Lipinski definition) is 8. The predicted octanol–water partition coefficient (Wildman–Crippen LogP) is 2.06. The molecule has 11 heteroatoms. The molecule has 5 atom stereocenters. The highest BCUT2D eigenvalue weighted by Crippen LogP contribution is 2.39. The summed E-state index contributed by atoms with van der Waals surface area (Å²) < 4.78 is 27.5. The van der Waals surface area contributed by atoms with Crippen LogP contribution in [-0.4, -0.2) is 81.9 Å².